The van der Waals surface area contributed by atoms with Crippen LogP contribution in [-0.4, -0.2) is 28.1 Å². The second kappa shape index (κ2) is 8.01. The van der Waals surface area contributed by atoms with Crippen molar-refractivity contribution in [3.63, 3.8) is 0 Å². The molecule has 0 aliphatic carbocycles. The van der Waals surface area contributed by atoms with Gasteiger partial charge in [0.1, 0.15) is 5.69 Å². The highest BCUT2D eigenvalue weighted by Gasteiger charge is 2.19. The van der Waals surface area contributed by atoms with E-state index in [0.717, 1.165) is 49.0 Å². The fourth-order valence-corrected chi connectivity index (χ4v) is 4.23. The van der Waals surface area contributed by atoms with Crippen LogP contribution in [0.3, 0.4) is 0 Å². The zero-order valence-electron chi connectivity index (χ0n) is 15.1. The van der Waals surface area contributed by atoms with Crippen LogP contribution < -0.4 is 10.6 Å². The van der Waals surface area contributed by atoms with E-state index in [9.17, 15) is 0 Å². The summed E-state index contributed by atoms with van der Waals surface area (Å²) in [4.78, 5) is 1.33. The Bertz CT molecular complexity index is 826. The van der Waals surface area contributed by atoms with Gasteiger partial charge >= 0.3 is 0 Å². The van der Waals surface area contributed by atoms with Gasteiger partial charge in [0, 0.05) is 29.2 Å². The first-order valence-electron chi connectivity index (χ1n) is 9.24. The molecule has 0 bridgehead atoms. The van der Waals surface area contributed by atoms with Gasteiger partial charge in [0.05, 0.1) is 6.20 Å². The van der Waals surface area contributed by atoms with Gasteiger partial charge < -0.3 is 10.6 Å². The topological polar surface area (TPSA) is 54.8 Å². The van der Waals surface area contributed by atoms with E-state index in [1.54, 1.807) is 11.3 Å². The van der Waals surface area contributed by atoms with Gasteiger partial charge in [0.25, 0.3) is 0 Å². The van der Waals surface area contributed by atoms with Crippen molar-refractivity contribution in [3.8, 4) is 11.3 Å². The fourth-order valence-electron chi connectivity index (χ4n) is 3.58. The Hall–Kier alpha value is -2.18. The maximum Gasteiger partial charge on any atom is 0.113 e. The van der Waals surface area contributed by atoms with Crippen LogP contribution in [-0.2, 0) is 13.1 Å². The SMILES string of the molecule is CC1CNCC(Cn2cc(-c3cccc(NCc4cccs4)c3)nn2)C1. The van der Waals surface area contributed by atoms with Crippen LogP contribution in [0.2, 0.25) is 0 Å². The second-order valence-corrected chi connectivity index (χ2v) is 8.24. The first kappa shape index (κ1) is 17.2. The lowest BCUT2D eigenvalue weighted by atomic mass is 9.92. The van der Waals surface area contributed by atoms with Crippen molar-refractivity contribution in [1.82, 2.24) is 20.3 Å². The summed E-state index contributed by atoms with van der Waals surface area (Å²) >= 11 is 1.77. The van der Waals surface area contributed by atoms with Crippen LogP contribution in [0.1, 0.15) is 18.2 Å². The molecule has 2 atom stereocenters. The normalized spacial score (nSPS) is 20.2. The third-order valence-electron chi connectivity index (χ3n) is 4.85. The molecule has 3 heterocycles. The average molecular weight is 368 g/mol. The largest absolute Gasteiger partial charge is 0.380 e. The van der Waals surface area contributed by atoms with Crippen LogP contribution in [0.15, 0.2) is 48.0 Å². The van der Waals surface area contributed by atoms with Crippen molar-refractivity contribution in [1.29, 1.82) is 0 Å². The van der Waals surface area contributed by atoms with Crippen molar-refractivity contribution >= 4 is 17.0 Å². The Kier molecular flexibility index (Phi) is 5.32. The van der Waals surface area contributed by atoms with Gasteiger partial charge in [-0.2, -0.15) is 0 Å². The monoisotopic (exact) mass is 367 g/mol. The molecule has 0 spiro atoms. The summed E-state index contributed by atoms with van der Waals surface area (Å²) in [6.07, 6.45) is 3.32. The molecular weight excluding hydrogens is 342 g/mol. The van der Waals surface area contributed by atoms with Crippen molar-refractivity contribution in [2.45, 2.75) is 26.4 Å². The molecule has 0 saturated carbocycles. The minimum atomic E-state index is 0.632. The maximum atomic E-state index is 4.39. The molecule has 1 aromatic carbocycles. The lowest BCUT2D eigenvalue weighted by Gasteiger charge is -2.27. The molecule has 2 unspecified atom stereocenters. The highest BCUT2D eigenvalue weighted by molar-refractivity contribution is 7.09. The van der Waals surface area contributed by atoms with E-state index in [1.165, 1.54) is 11.3 Å². The number of benzene rings is 1. The van der Waals surface area contributed by atoms with Gasteiger partial charge in [0.2, 0.25) is 0 Å². The molecule has 26 heavy (non-hydrogen) atoms. The predicted molar refractivity (Wildman–Crippen MR) is 107 cm³/mol. The van der Waals surface area contributed by atoms with Gasteiger partial charge in [-0.3, -0.25) is 4.68 Å². The maximum absolute atomic E-state index is 4.39. The molecule has 0 radical (unpaired) electrons. The minimum absolute atomic E-state index is 0.632. The fraction of sp³-hybridized carbons (Fsp3) is 0.400. The number of aromatic nitrogens is 3. The van der Waals surface area contributed by atoms with Crippen LogP contribution in [0.5, 0.6) is 0 Å². The molecule has 3 aromatic rings. The molecule has 1 aliphatic rings. The summed E-state index contributed by atoms with van der Waals surface area (Å²) in [7, 11) is 0. The Morgan fingerprint density at radius 3 is 3.08 bits per heavy atom. The first-order chi connectivity index (χ1) is 12.8. The van der Waals surface area contributed by atoms with Crippen LogP contribution >= 0.6 is 11.3 Å². The lowest BCUT2D eigenvalue weighted by Crippen LogP contribution is -2.37. The van der Waals surface area contributed by atoms with Gasteiger partial charge in [-0.05, 0) is 54.9 Å². The number of hydrogen-bond acceptors (Lipinski definition) is 5. The number of nitrogens with zero attached hydrogens (tertiary/aromatic N) is 3. The summed E-state index contributed by atoms with van der Waals surface area (Å²) in [5, 5.41) is 17.8. The van der Waals surface area contributed by atoms with Gasteiger partial charge in [-0.1, -0.05) is 30.3 Å². The Labute approximate surface area is 158 Å². The number of thiophene rings is 1. The molecule has 1 aliphatic heterocycles. The summed E-state index contributed by atoms with van der Waals surface area (Å²) in [5.74, 6) is 1.37. The average Bonchev–Trinajstić information content (AvgIpc) is 3.32. The van der Waals surface area contributed by atoms with E-state index in [2.05, 4.69) is 75.8 Å². The van der Waals surface area contributed by atoms with E-state index >= 15 is 0 Å². The van der Waals surface area contributed by atoms with Crippen molar-refractivity contribution < 1.29 is 0 Å². The van der Waals surface area contributed by atoms with Crippen LogP contribution in [0.25, 0.3) is 11.3 Å². The van der Waals surface area contributed by atoms with E-state index in [1.807, 2.05) is 4.68 Å². The van der Waals surface area contributed by atoms with Crippen molar-refractivity contribution in [2.75, 3.05) is 18.4 Å². The lowest BCUT2D eigenvalue weighted by molar-refractivity contribution is 0.266. The number of nitrogens with one attached hydrogen (secondary N) is 2. The first-order valence-corrected chi connectivity index (χ1v) is 10.1. The Balaban J connectivity index is 1.41. The zero-order valence-corrected chi connectivity index (χ0v) is 15.9. The van der Waals surface area contributed by atoms with E-state index in [-0.39, 0.29) is 0 Å². The molecule has 5 nitrogen and oxygen atoms in total. The third-order valence-corrected chi connectivity index (χ3v) is 5.73. The van der Waals surface area contributed by atoms with Crippen molar-refractivity contribution in [3.05, 3.63) is 52.9 Å². The molecular formula is C20H25N5S. The molecule has 1 fully saturated rings. The van der Waals surface area contributed by atoms with Gasteiger partial charge in [-0.25, -0.2) is 0 Å². The molecule has 6 heteroatoms. The predicted octanol–water partition coefficient (Wildman–Crippen LogP) is 3.86. The van der Waals surface area contributed by atoms with Crippen LogP contribution in [0.4, 0.5) is 5.69 Å². The molecule has 2 aromatic heterocycles. The number of anilines is 1. The highest BCUT2D eigenvalue weighted by atomic mass is 32.1. The molecule has 136 valence electrons. The summed E-state index contributed by atoms with van der Waals surface area (Å²) < 4.78 is 1.99. The van der Waals surface area contributed by atoms with Gasteiger partial charge in [-0.15, -0.1) is 16.4 Å². The molecule has 1 saturated heterocycles. The Morgan fingerprint density at radius 2 is 2.23 bits per heavy atom. The molecule has 0 amide bonds. The summed E-state index contributed by atoms with van der Waals surface area (Å²) in [6.45, 7) is 6.29. The number of piperidine rings is 1. The van der Waals surface area contributed by atoms with E-state index in [0.29, 0.717) is 5.92 Å². The van der Waals surface area contributed by atoms with Crippen LogP contribution in [0, 0.1) is 11.8 Å². The smallest absolute Gasteiger partial charge is 0.113 e. The third kappa shape index (κ3) is 4.31. The quantitative estimate of drug-likeness (QED) is 0.694. The minimum Gasteiger partial charge on any atom is -0.380 e. The van der Waals surface area contributed by atoms with E-state index in [4.69, 9.17) is 0 Å². The molecule has 2 N–H and O–H groups in total. The zero-order chi connectivity index (χ0) is 17.8. The summed E-state index contributed by atoms with van der Waals surface area (Å²) in [5.41, 5.74) is 3.14. The molecule has 4 rings (SSSR count). The number of rotatable bonds is 6. The summed E-state index contributed by atoms with van der Waals surface area (Å²) in [6, 6.07) is 12.6. The highest BCUT2D eigenvalue weighted by Crippen LogP contribution is 2.23. The van der Waals surface area contributed by atoms with Crippen molar-refractivity contribution in [2.24, 2.45) is 11.8 Å². The standard InChI is InChI=1S/C20H25N5S/c1-15-8-16(11-21-10-15)13-25-14-20(23-24-25)17-4-2-5-18(9-17)22-12-19-6-3-7-26-19/h2-7,9,14-16,21-22H,8,10-13H2,1H3. The van der Waals surface area contributed by atoms with Gasteiger partial charge in [0.15, 0.2) is 0 Å². The second-order valence-electron chi connectivity index (χ2n) is 7.20. The number of hydrogen-bond donors (Lipinski definition) is 2. The van der Waals surface area contributed by atoms with E-state index < -0.39 is 0 Å². The Morgan fingerprint density at radius 1 is 1.27 bits per heavy atom.